The molecule has 0 saturated heterocycles. The molecule has 1 N–H and O–H groups in total. The van der Waals surface area contributed by atoms with E-state index < -0.39 is 5.97 Å². The van der Waals surface area contributed by atoms with Crippen LogP contribution >= 0.6 is 0 Å². The van der Waals surface area contributed by atoms with Crippen LogP contribution in [-0.4, -0.2) is 24.0 Å². The second-order valence-electron chi connectivity index (χ2n) is 8.62. The molecule has 4 aliphatic carbocycles. The van der Waals surface area contributed by atoms with E-state index in [-0.39, 0.29) is 18.1 Å². The van der Waals surface area contributed by atoms with Crippen molar-refractivity contribution in [3.05, 3.63) is 34.9 Å². The third-order valence-electron chi connectivity index (χ3n) is 6.52. The SMILES string of the molecule is Cc1ccc(C(=O)OCC(=O)NC23CC4CC(CC(C4)C2)C3)cc1C. The Morgan fingerprint density at radius 1 is 1.04 bits per heavy atom. The van der Waals surface area contributed by atoms with Crippen molar-refractivity contribution >= 4 is 11.9 Å². The maximum absolute atomic E-state index is 12.4. The van der Waals surface area contributed by atoms with Crippen molar-refractivity contribution in [2.75, 3.05) is 6.61 Å². The molecule has 0 atom stereocenters. The first-order chi connectivity index (χ1) is 11.9. The van der Waals surface area contributed by atoms with Crippen molar-refractivity contribution < 1.29 is 14.3 Å². The van der Waals surface area contributed by atoms with Gasteiger partial charge in [-0.15, -0.1) is 0 Å². The smallest absolute Gasteiger partial charge is 0.338 e. The zero-order chi connectivity index (χ0) is 17.6. The molecular weight excluding hydrogens is 314 g/mol. The van der Waals surface area contributed by atoms with Gasteiger partial charge in [0.05, 0.1) is 5.56 Å². The summed E-state index contributed by atoms with van der Waals surface area (Å²) in [5.74, 6) is 1.77. The summed E-state index contributed by atoms with van der Waals surface area (Å²) in [4.78, 5) is 24.6. The zero-order valence-corrected chi connectivity index (χ0v) is 15.1. The monoisotopic (exact) mass is 341 g/mol. The Labute approximate surface area is 149 Å². The molecule has 4 aliphatic rings. The Morgan fingerprint density at radius 2 is 1.64 bits per heavy atom. The van der Waals surface area contributed by atoms with E-state index in [2.05, 4.69) is 5.32 Å². The number of hydrogen-bond acceptors (Lipinski definition) is 3. The molecule has 0 aliphatic heterocycles. The molecule has 5 rings (SSSR count). The first-order valence-corrected chi connectivity index (χ1v) is 9.48. The van der Waals surface area contributed by atoms with Gasteiger partial charge in [0.2, 0.25) is 0 Å². The number of rotatable bonds is 4. The summed E-state index contributed by atoms with van der Waals surface area (Å²) in [6.07, 6.45) is 7.35. The molecule has 4 heteroatoms. The van der Waals surface area contributed by atoms with Gasteiger partial charge in [0.15, 0.2) is 6.61 Å². The highest BCUT2D eigenvalue weighted by molar-refractivity contribution is 5.91. The second-order valence-corrected chi connectivity index (χ2v) is 8.62. The lowest BCUT2D eigenvalue weighted by Gasteiger charge is -2.56. The number of amides is 1. The summed E-state index contributed by atoms with van der Waals surface area (Å²) in [5, 5.41) is 3.24. The topological polar surface area (TPSA) is 55.4 Å². The molecule has 1 amide bonds. The average molecular weight is 341 g/mol. The summed E-state index contributed by atoms with van der Waals surface area (Å²) < 4.78 is 5.25. The normalized spacial score (nSPS) is 32.5. The quantitative estimate of drug-likeness (QED) is 0.852. The molecule has 4 bridgehead atoms. The molecule has 4 fully saturated rings. The molecule has 0 spiro atoms. The molecule has 134 valence electrons. The van der Waals surface area contributed by atoms with Crippen molar-refractivity contribution in [3.63, 3.8) is 0 Å². The largest absolute Gasteiger partial charge is 0.452 e. The van der Waals surface area contributed by atoms with Crippen molar-refractivity contribution in [1.82, 2.24) is 5.32 Å². The minimum Gasteiger partial charge on any atom is -0.452 e. The van der Waals surface area contributed by atoms with Gasteiger partial charge in [0, 0.05) is 5.54 Å². The van der Waals surface area contributed by atoms with E-state index in [0.29, 0.717) is 5.56 Å². The third kappa shape index (κ3) is 3.31. The van der Waals surface area contributed by atoms with E-state index in [9.17, 15) is 9.59 Å². The number of aryl methyl sites for hydroxylation is 2. The van der Waals surface area contributed by atoms with Gasteiger partial charge in [-0.1, -0.05) is 6.07 Å². The van der Waals surface area contributed by atoms with Crippen molar-refractivity contribution in [3.8, 4) is 0 Å². The van der Waals surface area contributed by atoms with E-state index in [0.717, 1.165) is 48.1 Å². The van der Waals surface area contributed by atoms with Crippen LogP contribution in [0.2, 0.25) is 0 Å². The highest BCUT2D eigenvalue weighted by Crippen LogP contribution is 2.55. The Morgan fingerprint density at radius 3 is 2.20 bits per heavy atom. The standard InChI is InChI=1S/C21H27NO3/c1-13-3-4-18(5-14(13)2)20(24)25-12-19(23)22-21-9-15-6-16(10-21)8-17(7-15)11-21/h3-5,15-17H,6-12H2,1-2H3,(H,22,23). The van der Waals surface area contributed by atoms with Gasteiger partial charge in [-0.2, -0.15) is 0 Å². The number of hydrogen-bond donors (Lipinski definition) is 1. The van der Waals surface area contributed by atoms with E-state index >= 15 is 0 Å². The van der Waals surface area contributed by atoms with Crippen LogP contribution in [0.5, 0.6) is 0 Å². The van der Waals surface area contributed by atoms with Gasteiger partial charge < -0.3 is 10.1 Å². The van der Waals surface area contributed by atoms with Gasteiger partial charge in [0.25, 0.3) is 5.91 Å². The van der Waals surface area contributed by atoms with Crippen LogP contribution in [0.1, 0.15) is 60.0 Å². The summed E-state index contributed by atoms with van der Waals surface area (Å²) in [6, 6.07) is 5.47. The molecule has 0 heterocycles. The summed E-state index contributed by atoms with van der Waals surface area (Å²) in [5.41, 5.74) is 2.66. The lowest BCUT2D eigenvalue weighted by atomic mass is 9.53. The lowest BCUT2D eigenvalue weighted by Crippen LogP contribution is -2.60. The number of ether oxygens (including phenoxy) is 1. The predicted octanol–water partition coefficient (Wildman–Crippen LogP) is 3.55. The molecule has 1 aromatic rings. The molecule has 0 radical (unpaired) electrons. The van der Waals surface area contributed by atoms with Gasteiger partial charge >= 0.3 is 5.97 Å². The molecular formula is C21H27NO3. The summed E-state index contributed by atoms with van der Waals surface area (Å²) >= 11 is 0. The fraction of sp³-hybridized carbons (Fsp3) is 0.619. The number of carbonyl (C=O) groups excluding carboxylic acids is 2. The maximum Gasteiger partial charge on any atom is 0.338 e. The lowest BCUT2D eigenvalue weighted by molar-refractivity contribution is -0.130. The molecule has 1 aromatic carbocycles. The molecule has 4 nitrogen and oxygen atoms in total. The number of nitrogens with one attached hydrogen (secondary N) is 1. The van der Waals surface area contributed by atoms with Crippen LogP contribution in [0.3, 0.4) is 0 Å². The Kier molecular flexibility index (Phi) is 4.09. The van der Waals surface area contributed by atoms with Crippen LogP contribution in [0.15, 0.2) is 18.2 Å². The highest BCUT2D eigenvalue weighted by atomic mass is 16.5. The van der Waals surface area contributed by atoms with E-state index in [1.54, 1.807) is 6.07 Å². The minimum atomic E-state index is -0.427. The van der Waals surface area contributed by atoms with Crippen LogP contribution in [0.4, 0.5) is 0 Å². The van der Waals surface area contributed by atoms with Gasteiger partial charge in [-0.05, 0) is 93.4 Å². The number of esters is 1. The fourth-order valence-electron chi connectivity index (χ4n) is 5.68. The maximum atomic E-state index is 12.4. The van der Waals surface area contributed by atoms with Crippen LogP contribution in [-0.2, 0) is 9.53 Å². The van der Waals surface area contributed by atoms with Crippen LogP contribution in [0.25, 0.3) is 0 Å². The second kappa shape index (κ2) is 6.15. The summed E-state index contributed by atoms with van der Waals surface area (Å²) in [7, 11) is 0. The van der Waals surface area contributed by atoms with Gasteiger partial charge in [-0.25, -0.2) is 4.79 Å². The molecule has 4 saturated carbocycles. The highest BCUT2D eigenvalue weighted by Gasteiger charge is 2.51. The third-order valence-corrected chi connectivity index (χ3v) is 6.52. The van der Waals surface area contributed by atoms with Crippen molar-refractivity contribution in [2.45, 2.75) is 57.9 Å². The van der Waals surface area contributed by atoms with Gasteiger partial charge in [0.1, 0.15) is 0 Å². The van der Waals surface area contributed by atoms with Crippen LogP contribution < -0.4 is 5.32 Å². The van der Waals surface area contributed by atoms with Gasteiger partial charge in [-0.3, -0.25) is 4.79 Å². The average Bonchev–Trinajstić information content (AvgIpc) is 2.53. The Hall–Kier alpha value is -1.84. The van der Waals surface area contributed by atoms with E-state index in [4.69, 9.17) is 4.74 Å². The first kappa shape index (κ1) is 16.6. The predicted molar refractivity (Wildman–Crippen MR) is 95.2 cm³/mol. The Bertz CT molecular complexity index is 674. The number of benzene rings is 1. The van der Waals surface area contributed by atoms with Crippen molar-refractivity contribution in [2.24, 2.45) is 17.8 Å². The minimum absolute atomic E-state index is 0.0291. The van der Waals surface area contributed by atoms with Crippen LogP contribution in [0, 0.1) is 31.6 Å². The summed E-state index contributed by atoms with van der Waals surface area (Å²) in [6.45, 7) is 3.78. The van der Waals surface area contributed by atoms with Crippen molar-refractivity contribution in [1.29, 1.82) is 0 Å². The molecule has 0 unspecified atom stereocenters. The first-order valence-electron chi connectivity index (χ1n) is 9.48. The van der Waals surface area contributed by atoms with E-state index in [1.165, 1.54) is 19.3 Å². The molecule has 0 aromatic heterocycles. The van der Waals surface area contributed by atoms with E-state index in [1.807, 2.05) is 26.0 Å². The zero-order valence-electron chi connectivity index (χ0n) is 15.1. The molecule has 25 heavy (non-hydrogen) atoms. The Balaban J connectivity index is 1.33. The fourth-order valence-corrected chi connectivity index (χ4v) is 5.68. The number of carbonyl (C=O) groups is 2.